The molecule has 0 bridgehead atoms. The number of carbonyl (C=O) groups is 1. The molecule has 1 N–H and O–H groups in total. The predicted octanol–water partition coefficient (Wildman–Crippen LogP) is 3.97. The van der Waals surface area contributed by atoms with Crippen LogP contribution in [-0.2, 0) is 4.74 Å². The molecule has 0 aromatic rings. The number of nitrogens with one attached hydrogen (secondary N) is 1. The first-order valence-electron chi connectivity index (χ1n) is 7.49. The van der Waals surface area contributed by atoms with Gasteiger partial charge >= 0.3 is 6.09 Å². The van der Waals surface area contributed by atoms with Gasteiger partial charge in [0.15, 0.2) is 0 Å². The van der Waals surface area contributed by atoms with Crippen molar-refractivity contribution in [2.24, 2.45) is 17.8 Å². The third-order valence-electron chi connectivity index (χ3n) is 4.02. The summed E-state index contributed by atoms with van der Waals surface area (Å²) in [5, 5.41) is 2.84. The molecular formula is C15H29NO2. The molecule has 1 amide bonds. The summed E-state index contributed by atoms with van der Waals surface area (Å²) in [6.45, 7) is 9.55. The number of ether oxygens (including phenoxy) is 1. The fourth-order valence-corrected chi connectivity index (χ4v) is 2.80. The van der Waals surface area contributed by atoms with Gasteiger partial charge in [0, 0.05) is 6.54 Å². The second-order valence-electron chi connectivity index (χ2n) is 6.05. The first-order valence-corrected chi connectivity index (χ1v) is 7.49. The maximum atomic E-state index is 11.7. The van der Waals surface area contributed by atoms with Crippen LogP contribution >= 0.6 is 0 Å². The largest absolute Gasteiger partial charge is 0.446 e. The van der Waals surface area contributed by atoms with Crippen molar-refractivity contribution in [2.45, 2.75) is 65.9 Å². The van der Waals surface area contributed by atoms with E-state index in [1.807, 2.05) is 0 Å². The lowest BCUT2D eigenvalue weighted by atomic mass is 9.75. The minimum absolute atomic E-state index is 0.107. The highest BCUT2D eigenvalue weighted by atomic mass is 16.6. The third-order valence-corrected chi connectivity index (χ3v) is 4.02. The smallest absolute Gasteiger partial charge is 0.407 e. The van der Waals surface area contributed by atoms with Crippen LogP contribution in [0.3, 0.4) is 0 Å². The Morgan fingerprint density at radius 1 is 1.39 bits per heavy atom. The van der Waals surface area contributed by atoms with Gasteiger partial charge in [0.2, 0.25) is 0 Å². The molecule has 1 aliphatic rings. The zero-order valence-corrected chi connectivity index (χ0v) is 12.4. The summed E-state index contributed by atoms with van der Waals surface area (Å²) < 4.78 is 5.63. The van der Waals surface area contributed by atoms with Gasteiger partial charge in [-0.25, -0.2) is 4.79 Å². The van der Waals surface area contributed by atoms with Crippen molar-refractivity contribution in [3.05, 3.63) is 0 Å². The molecule has 0 aromatic carbocycles. The van der Waals surface area contributed by atoms with E-state index in [4.69, 9.17) is 4.74 Å². The highest BCUT2D eigenvalue weighted by molar-refractivity contribution is 5.67. The van der Waals surface area contributed by atoms with Crippen molar-refractivity contribution in [2.75, 3.05) is 6.54 Å². The quantitative estimate of drug-likeness (QED) is 0.755. The zero-order valence-electron chi connectivity index (χ0n) is 12.4. The van der Waals surface area contributed by atoms with E-state index in [0.29, 0.717) is 17.8 Å². The van der Waals surface area contributed by atoms with Gasteiger partial charge in [-0.2, -0.15) is 0 Å². The number of hydrogen-bond acceptors (Lipinski definition) is 2. The van der Waals surface area contributed by atoms with Crippen molar-refractivity contribution >= 4 is 6.09 Å². The van der Waals surface area contributed by atoms with E-state index in [1.54, 1.807) is 0 Å². The Balaban J connectivity index is 2.42. The molecular weight excluding hydrogens is 226 g/mol. The van der Waals surface area contributed by atoms with E-state index in [2.05, 4.69) is 33.0 Å². The molecule has 0 spiro atoms. The number of amides is 1. The van der Waals surface area contributed by atoms with Crippen molar-refractivity contribution in [1.82, 2.24) is 5.32 Å². The Hall–Kier alpha value is -0.730. The van der Waals surface area contributed by atoms with E-state index < -0.39 is 0 Å². The number of alkyl carbamates (subject to hydrolysis) is 1. The fourth-order valence-electron chi connectivity index (χ4n) is 2.80. The highest BCUT2D eigenvalue weighted by Gasteiger charge is 2.33. The summed E-state index contributed by atoms with van der Waals surface area (Å²) >= 11 is 0. The monoisotopic (exact) mass is 255 g/mol. The van der Waals surface area contributed by atoms with Crippen molar-refractivity contribution in [1.29, 1.82) is 0 Å². The second-order valence-corrected chi connectivity index (χ2v) is 6.05. The fraction of sp³-hybridized carbons (Fsp3) is 0.933. The summed E-state index contributed by atoms with van der Waals surface area (Å²) in [5.74, 6) is 1.79. The lowest BCUT2D eigenvalue weighted by Crippen LogP contribution is -2.39. The van der Waals surface area contributed by atoms with Gasteiger partial charge < -0.3 is 10.1 Å². The predicted molar refractivity (Wildman–Crippen MR) is 74.5 cm³/mol. The van der Waals surface area contributed by atoms with Gasteiger partial charge in [-0.05, 0) is 37.0 Å². The lowest BCUT2D eigenvalue weighted by molar-refractivity contribution is 0.00624. The molecule has 18 heavy (non-hydrogen) atoms. The van der Waals surface area contributed by atoms with E-state index in [9.17, 15) is 4.79 Å². The Kier molecular flexibility index (Phi) is 6.51. The zero-order chi connectivity index (χ0) is 13.5. The van der Waals surface area contributed by atoms with Crippen LogP contribution in [0, 0.1) is 17.8 Å². The molecule has 0 aliphatic heterocycles. The Labute approximate surface area is 112 Å². The van der Waals surface area contributed by atoms with Crippen LogP contribution < -0.4 is 5.32 Å². The average molecular weight is 255 g/mol. The summed E-state index contributed by atoms with van der Waals surface area (Å²) in [4.78, 5) is 11.7. The van der Waals surface area contributed by atoms with E-state index in [-0.39, 0.29) is 12.2 Å². The maximum absolute atomic E-state index is 11.7. The standard InChI is InChI=1S/C15H29NO2/c1-5-6-9-16-15(17)18-14-10-12(4)7-8-13(14)11(2)3/h11-14H,5-10H2,1-4H3,(H,16,17)/t12?,13-,14?/m0/s1. The first kappa shape index (κ1) is 15.3. The SMILES string of the molecule is CCCCNC(=O)OC1CC(C)CC[C@H]1C(C)C. The van der Waals surface area contributed by atoms with Crippen LogP contribution in [0.4, 0.5) is 4.79 Å². The molecule has 3 nitrogen and oxygen atoms in total. The van der Waals surface area contributed by atoms with Crippen molar-refractivity contribution < 1.29 is 9.53 Å². The van der Waals surface area contributed by atoms with Crippen LogP contribution in [-0.4, -0.2) is 18.7 Å². The van der Waals surface area contributed by atoms with Crippen molar-refractivity contribution in [3.63, 3.8) is 0 Å². The molecule has 2 unspecified atom stereocenters. The van der Waals surface area contributed by atoms with Gasteiger partial charge in [-0.15, -0.1) is 0 Å². The van der Waals surface area contributed by atoms with E-state index in [1.165, 1.54) is 12.8 Å². The minimum atomic E-state index is -0.229. The van der Waals surface area contributed by atoms with Gasteiger partial charge in [0.25, 0.3) is 0 Å². The van der Waals surface area contributed by atoms with Crippen molar-refractivity contribution in [3.8, 4) is 0 Å². The summed E-state index contributed by atoms with van der Waals surface area (Å²) in [5.41, 5.74) is 0. The third kappa shape index (κ3) is 4.87. The number of rotatable bonds is 5. The number of carbonyl (C=O) groups excluding carboxylic acids is 1. The van der Waals surface area contributed by atoms with Gasteiger partial charge in [-0.1, -0.05) is 40.5 Å². The van der Waals surface area contributed by atoms with Crippen LogP contribution in [0.25, 0.3) is 0 Å². The topological polar surface area (TPSA) is 38.3 Å². The first-order chi connectivity index (χ1) is 8.54. The lowest BCUT2D eigenvalue weighted by Gasteiger charge is -2.36. The Bertz CT molecular complexity index is 253. The highest BCUT2D eigenvalue weighted by Crippen LogP contribution is 2.35. The van der Waals surface area contributed by atoms with E-state index in [0.717, 1.165) is 25.8 Å². The summed E-state index contributed by atoms with van der Waals surface area (Å²) in [6.07, 6.45) is 5.46. The van der Waals surface area contributed by atoms with Gasteiger partial charge in [-0.3, -0.25) is 0 Å². The average Bonchev–Trinajstić information content (AvgIpc) is 2.29. The van der Waals surface area contributed by atoms with Crippen LogP contribution in [0.5, 0.6) is 0 Å². The summed E-state index contributed by atoms with van der Waals surface area (Å²) in [7, 11) is 0. The molecule has 1 saturated carbocycles. The normalized spacial score (nSPS) is 28.2. The molecule has 0 aromatic heterocycles. The molecule has 0 saturated heterocycles. The molecule has 3 heteroatoms. The number of unbranched alkanes of at least 4 members (excludes halogenated alkanes) is 1. The maximum Gasteiger partial charge on any atom is 0.407 e. The van der Waals surface area contributed by atoms with Crippen LogP contribution in [0.2, 0.25) is 0 Å². The molecule has 0 heterocycles. The Morgan fingerprint density at radius 2 is 2.11 bits per heavy atom. The summed E-state index contributed by atoms with van der Waals surface area (Å²) in [6, 6.07) is 0. The van der Waals surface area contributed by atoms with Gasteiger partial charge in [0.05, 0.1) is 0 Å². The molecule has 1 aliphatic carbocycles. The second kappa shape index (κ2) is 7.65. The molecule has 1 fully saturated rings. The van der Waals surface area contributed by atoms with Crippen LogP contribution in [0.15, 0.2) is 0 Å². The number of hydrogen-bond donors (Lipinski definition) is 1. The minimum Gasteiger partial charge on any atom is -0.446 e. The molecule has 106 valence electrons. The molecule has 0 radical (unpaired) electrons. The van der Waals surface area contributed by atoms with Crippen LogP contribution in [0.1, 0.15) is 59.8 Å². The Morgan fingerprint density at radius 3 is 2.72 bits per heavy atom. The van der Waals surface area contributed by atoms with E-state index >= 15 is 0 Å². The van der Waals surface area contributed by atoms with Gasteiger partial charge in [0.1, 0.15) is 6.10 Å². The molecule has 3 atom stereocenters. The molecule has 1 rings (SSSR count).